The van der Waals surface area contributed by atoms with Gasteiger partial charge >= 0.3 is 0 Å². The van der Waals surface area contributed by atoms with Gasteiger partial charge in [-0.2, -0.15) is 18.2 Å². The summed E-state index contributed by atoms with van der Waals surface area (Å²) in [5, 5.41) is 0. The molecule has 1 radical (unpaired) electrons. The zero-order valence-corrected chi connectivity index (χ0v) is 9.86. The van der Waals surface area contributed by atoms with Gasteiger partial charge in [-0.1, -0.05) is 0 Å². The van der Waals surface area contributed by atoms with E-state index in [4.69, 9.17) is 0 Å². The fraction of sp³-hybridized carbons (Fsp3) is 0. The number of hydrogen-bond acceptors (Lipinski definition) is 0. The van der Waals surface area contributed by atoms with Crippen molar-refractivity contribution in [2.45, 2.75) is 0 Å². The molecular weight excluding hydrogens is 223 g/mol. The van der Waals surface area contributed by atoms with E-state index in [2.05, 4.69) is 0 Å². The first kappa shape index (κ1) is 44.1. The Morgan fingerprint density at radius 2 is 0.909 bits per heavy atom. The second-order valence-electron chi connectivity index (χ2n) is 0.962. The van der Waals surface area contributed by atoms with Crippen LogP contribution in [0.15, 0.2) is 30.3 Å². The molecule has 0 aliphatic rings. The summed E-state index contributed by atoms with van der Waals surface area (Å²) < 4.78 is 0. The second-order valence-corrected chi connectivity index (χ2v) is 0.962. The molecule has 11 heavy (non-hydrogen) atoms. The zero-order valence-electron chi connectivity index (χ0n) is 8.22. The summed E-state index contributed by atoms with van der Waals surface area (Å²) in [4.78, 5) is 0. The van der Waals surface area contributed by atoms with Crippen LogP contribution >= 0.6 is 0 Å². The van der Waals surface area contributed by atoms with Crippen molar-refractivity contribution in [1.82, 2.24) is 0 Å². The first-order chi connectivity index (χ1) is 2.50. The van der Waals surface area contributed by atoms with Gasteiger partial charge in [-0.3, -0.25) is 0 Å². The Hall–Kier alpha value is -0.0266. The maximum Gasteiger partial charge on any atom is 0 e. The largest absolute Gasteiger partial charge is 0.358 e. The Balaban J connectivity index is -0.0000000104. The normalized spacial score (nSPS) is 3.64. The second kappa shape index (κ2) is 32.5. The van der Waals surface area contributed by atoms with Crippen molar-refractivity contribution in [3.8, 4) is 0 Å². The minimum Gasteiger partial charge on any atom is -0.358 e. The minimum atomic E-state index is 0. The standard InChI is InChI=1S/C5H5.5CH3.Rh/c1-2-4-5-3-1;;;;;;/h1-5H;5*1H3;/q6*-1;. The molecule has 1 aromatic rings. The van der Waals surface area contributed by atoms with Gasteiger partial charge in [0.15, 0.2) is 0 Å². The van der Waals surface area contributed by atoms with Crippen LogP contribution in [0.4, 0.5) is 0 Å². The molecule has 0 unspecified atom stereocenters. The average Bonchev–Trinajstić information content (AvgIpc) is 1.76. The van der Waals surface area contributed by atoms with Gasteiger partial charge < -0.3 is 37.1 Å². The van der Waals surface area contributed by atoms with Crippen LogP contribution in [-0.4, -0.2) is 0 Å². The molecule has 1 heteroatoms. The minimum absolute atomic E-state index is 0. The summed E-state index contributed by atoms with van der Waals surface area (Å²) in [5.74, 6) is 0. The molecule has 1 aromatic carbocycles. The van der Waals surface area contributed by atoms with E-state index in [0.29, 0.717) is 0 Å². The zero-order chi connectivity index (χ0) is 3.54. The summed E-state index contributed by atoms with van der Waals surface area (Å²) in [6.07, 6.45) is 0. The Morgan fingerprint density at radius 1 is 0.636 bits per heavy atom. The molecule has 0 nitrogen and oxygen atoms in total. The molecule has 0 spiro atoms. The van der Waals surface area contributed by atoms with Gasteiger partial charge in [0, 0.05) is 19.5 Å². The van der Waals surface area contributed by atoms with Crippen LogP contribution in [0.3, 0.4) is 0 Å². The molecule has 0 amide bonds. The van der Waals surface area contributed by atoms with Gasteiger partial charge in [0.25, 0.3) is 0 Å². The maximum atomic E-state index is 2.00. The Morgan fingerprint density at radius 3 is 1.00 bits per heavy atom. The third kappa shape index (κ3) is 25.6. The van der Waals surface area contributed by atoms with Gasteiger partial charge in [-0.15, -0.1) is 0 Å². The van der Waals surface area contributed by atoms with E-state index < -0.39 is 0 Å². The van der Waals surface area contributed by atoms with Crippen LogP contribution < -0.4 is 0 Å². The first-order valence-corrected chi connectivity index (χ1v) is 1.67. The first-order valence-electron chi connectivity index (χ1n) is 1.67. The van der Waals surface area contributed by atoms with Crippen molar-refractivity contribution in [2.24, 2.45) is 0 Å². The van der Waals surface area contributed by atoms with Crippen molar-refractivity contribution in [3.63, 3.8) is 0 Å². The molecule has 0 atom stereocenters. The van der Waals surface area contributed by atoms with E-state index in [1.54, 1.807) is 0 Å². The maximum absolute atomic E-state index is 2.00. The molecule has 0 saturated heterocycles. The fourth-order valence-electron chi connectivity index (χ4n) is 0.321. The molecule has 0 N–H and O–H groups in total. The molecule has 0 aromatic heterocycles. The van der Waals surface area contributed by atoms with Crippen molar-refractivity contribution in [3.05, 3.63) is 67.5 Å². The molecular formula is C10H20Rh-6. The smallest absolute Gasteiger partial charge is 0 e. The molecule has 0 saturated carbocycles. The summed E-state index contributed by atoms with van der Waals surface area (Å²) in [7, 11) is 0. The SMILES string of the molecule is [CH3-].[CH3-].[CH3-].[CH3-].[CH3-].[Rh].c1cc[cH-]c1. The average molecular weight is 243 g/mol. The fourth-order valence-corrected chi connectivity index (χ4v) is 0.321. The number of rotatable bonds is 0. The van der Waals surface area contributed by atoms with Gasteiger partial charge in [0.2, 0.25) is 0 Å². The van der Waals surface area contributed by atoms with Crippen LogP contribution in [0.25, 0.3) is 0 Å². The van der Waals surface area contributed by atoms with Gasteiger partial charge in [-0.25, -0.2) is 12.1 Å². The van der Waals surface area contributed by atoms with E-state index in [9.17, 15) is 0 Å². The van der Waals surface area contributed by atoms with Gasteiger partial charge in [-0.05, 0) is 0 Å². The van der Waals surface area contributed by atoms with E-state index in [1.165, 1.54) is 0 Å². The van der Waals surface area contributed by atoms with Crippen molar-refractivity contribution in [2.75, 3.05) is 0 Å². The summed E-state index contributed by atoms with van der Waals surface area (Å²) in [5.41, 5.74) is 0. The Labute approximate surface area is 87.2 Å². The van der Waals surface area contributed by atoms with E-state index >= 15 is 0 Å². The van der Waals surface area contributed by atoms with Crippen LogP contribution in [0.5, 0.6) is 0 Å². The summed E-state index contributed by atoms with van der Waals surface area (Å²) >= 11 is 0. The molecule has 0 heterocycles. The molecule has 0 bridgehead atoms. The van der Waals surface area contributed by atoms with Crippen molar-refractivity contribution >= 4 is 0 Å². The molecule has 1 rings (SSSR count). The van der Waals surface area contributed by atoms with Crippen LogP contribution in [0.2, 0.25) is 0 Å². The van der Waals surface area contributed by atoms with Gasteiger partial charge in [0.05, 0.1) is 0 Å². The van der Waals surface area contributed by atoms with Crippen molar-refractivity contribution < 1.29 is 19.5 Å². The molecule has 0 fully saturated rings. The van der Waals surface area contributed by atoms with E-state index in [-0.39, 0.29) is 56.6 Å². The third-order valence-corrected chi connectivity index (χ3v) is 0.556. The van der Waals surface area contributed by atoms with E-state index in [1.807, 2.05) is 30.3 Å². The predicted octanol–water partition coefficient (Wildman–Crippen LogP) is 3.65. The Bertz CT molecular complexity index is 61.3. The van der Waals surface area contributed by atoms with Crippen molar-refractivity contribution in [1.29, 1.82) is 0 Å². The van der Waals surface area contributed by atoms with Crippen LogP contribution in [0, 0.1) is 37.1 Å². The Kier molecular flexibility index (Phi) is 130. The van der Waals surface area contributed by atoms with E-state index in [0.717, 1.165) is 0 Å². The number of hydrogen-bond donors (Lipinski definition) is 0. The summed E-state index contributed by atoms with van der Waals surface area (Å²) in [6.45, 7) is 0. The van der Waals surface area contributed by atoms with Crippen LogP contribution in [-0.2, 0) is 19.5 Å². The third-order valence-electron chi connectivity index (χ3n) is 0.556. The predicted molar refractivity (Wildman–Crippen MR) is 54.1 cm³/mol. The quantitative estimate of drug-likeness (QED) is 0.482. The topological polar surface area (TPSA) is 0 Å². The monoisotopic (exact) mass is 243 g/mol. The summed E-state index contributed by atoms with van der Waals surface area (Å²) in [6, 6.07) is 10.0. The molecule has 75 valence electrons. The molecule has 0 aliphatic carbocycles. The van der Waals surface area contributed by atoms with Crippen LogP contribution in [0.1, 0.15) is 0 Å². The molecule has 0 aliphatic heterocycles. The van der Waals surface area contributed by atoms with Gasteiger partial charge in [0.1, 0.15) is 0 Å².